The standard InChI is InChI=1S/C12H27NO3/c1-4-7-15-9-10-16-8-5-6-12(2,11-14)13-3/h13-14H,4-11H2,1-3H3. The maximum absolute atomic E-state index is 9.16. The van der Waals surface area contributed by atoms with Crippen molar-refractivity contribution in [3.8, 4) is 0 Å². The highest BCUT2D eigenvalue weighted by molar-refractivity contribution is 4.79. The minimum absolute atomic E-state index is 0.156. The number of aliphatic hydroxyl groups excluding tert-OH is 1. The molecule has 0 aromatic carbocycles. The van der Waals surface area contributed by atoms with E-state index in [1.165, 1.54) is 0 Å². The quantitative estimate of drug-likeness (QED) is 0.526. The lowest BCUT2D eigenvalue weighted by Gasteiger charge is -2.26. The summed E-state index contributed by atoms with van der Waals surface area (Å²) < 4.78 is 10.7. The van der Waals surface area contributed by atoms with E-state index in [4.69, 9.17) is 14.6 Å². The number of aliphatic hydroxyl groups is 1. The number of nitrogens with one attached hydrogen (secondary N) is 1. The Labute approximate surface area is 99.3 Å². The summed E-state index contributed by atoms with van der Waals surface area (Å²) in [7, 11) is 1.87. The summed E-state index contributed by atoms with van der Waals surface area (Å²) in [6, 6.07) is 0. The van der Waals surface area contributed by atoms with Crippen LogP contribution in [0.25, 0.3) is 0 Å². The third-order valence-corrected chi connectivity index (χ3v) is 2.69. The van der Waals surface area contributed by atoms with E-state index in [0.717, 1.165) is 32.5 Å². The van der Waals surface area contributed by atoms with Gasteiger partial charge >= 0.3 is 0 Å². The predicted molar refractivity (Wildman–Crippen MR) is 65.7 cm³/mol. The molecule has 0 spiro atoms. The van der Waals surface area contributed by atoms with Gasteiger partial charge in [-0.05, 0) is 33.2 Å². The van der Waals surface area contributed by atoms with Gasteiger partial charge in [-0.25, -0.2) is 0 Å². The Morgan fingerprint density at radius 3 is 2.25 bits per heavy atom. The SMILES string of the molecule is CCCOCCOCCCC(C)(CO)NC. The molecule has 0 aromatic heterocycles. The molecule has 0 radical (unpaired) electrons. The van der Waals surface area contributed by atoms with Gasteiger partial charge < -0.3 is 19.9 Å². The number of hydrogen-bond donors (Lipinski definition) is 2. The molecule has 0 rings (SSSR count). The first-order valence-electron chi connectivity index (χ1n) is 6.14. The molecule has 1 unspecified atom stereocenters. The number of likely N-dealkylation sites (N-methyl/N-ethyl adjacent to an activating group) is 1. The first-order valence-corrected chi connectivity index (χ1v) is 6.14. The highest BCUT2D eigenvalue weighted by Crippen LogP contribution is 2.10. The smallest absolute Gasteiger partial charge is 0.0700 e. The average Bonchev–Trinajstić information content (AvgIpc) is 2.32. The topological polar surface area (TPSA) is 50.7 Å². The van der Waals surface area contributed by atoms with E-state index in [2.05, 4.69) is 12.2 Å². The second-order valence-electron chi connectivity index (χ2n) is 4.30. The fourth-order valence-electron chi connectivity index (χ4n) is 1.31. The normalized spacial score (nSPS) is 15.0. The van der Waals surface area contributed by atoms with Crippen LogP contribution in [0.1, 0.15) is 33.1 Å². The highest BCUT2D eigenvalue weighted by atomic mass is 16.5. The Hall–Kier alpha value is -0.160. The van der Waals surface area contributed by atoms with Gasteiger partial charge in [0.25, 0.3) is 0 Å². The maximum atomic E-state index is 9.16. The molecule has 0 saturated carbocycles. The minimum atomic E-state index is -0.179. The fourth-order valence-corrected chi connectivity index (χ4v) is 1.31. The molecule has 0 bridgehead atoms. The van der Waals surface area contributed by atoms with Gasteiger partial charge in [0, 0.05) is 18.8 Å². The molecular weight excluding hydrogens is 206 g/mol. The van der Waals surface area contributed by atoms with Crippen molar-refractivity contribution in [1.82, 2.24) is 5.32 Å². The minimum Gasteiger partial charge on any atom is -0.394 e. The van der Waals surface area contributed by atoms with Crippen LogP contribution in [0, 0.1) is 0 Å². The molecular formula is C12H27NO3. The Morgan fingerprint density at radius 1 is 1.12 bits per heavy atom. The summed E-state index contributed by atoms with van der Waals surface area (Å²) in [5.41, 5.74) is -0.179. The number of ether oxygens (including phenoxy) is 2. The molecule has 1 atom stereocenters. The van der Waals surface area contributed by atoms with Crippen LogP contribution in [-0.4, -0.2) is 50.7 Å². The van der Waals surface area contributed by atoms with E-state index in [-0.39, 0.29) is 12.1 Å². The summed E-state index contributed by atoms with van der Waals surface area (Å²) in [6.45, 7) is 7.14. The lowest BCUT2D eigenvalue weighted by Crippen LogP contribution is -2.43. The van der Waals surface area contributed by atoms with Crippen molar-refractivity contribution in [2.45, 2.75) is 38.6 Å². The Bertz CT molecular complexity index is 149. The fraction of sp³-hybridized carbons (Fsp3) is 1.00. The second kappa shape index (κ2) is 10.0. The molecule has 0 aliphatic rings. The van der Waals surface area contributed by atoms with Gasteiger partial charge in [-0.1, -0.05) is 6.92 Å². The van der Waals surface area contributed by atoms with Crippen LogP contribution in [0.15, 0.2) is 0 Å². The number of hydrogen-bond acceptors (Lipinski definition) is 4. The molecule has 98 valence electrons. The van der Waals surface area contributed by atoms with E-state index < -0.39 is 0 Å². The molecule has 4 nitrogen and oxygen atoms in total. The Morgan fingerprint density at radius 2 is 1.75 bits per heavy atom. The highest BCUT2D eigenvalue weighted by Gasteiger charge is 2.19. The van der Waals surface area contributed by atoms with Crippen molar-refractivity contribution in [3.05, 3.63) is 0 Å². The maximum Gasteiger partial charge on any atom is 0.0700 e. The van der Waals surface area contributed by atoms with Gasteiger partial charge in [0.15, 0.2) is 0 Å². The first kappa shape index (κ1) is 15.8. The zero-order valence-electron chi connectivity index (χ0n) is 10.9. The van der Waals surface area contributed by atoms with Crippen LogP contribution in [0.3, 0.4) is 0 Å². The average molecular weight is 233 g/mol. The van der Waals surface area contributed by atoms with Crippen molar-refractivity contribution < 1.29 is 14.6 Å². The first-order chi connectivity index (χ1) is 7.68. The monoisotopic (exact) mass is 233 g/mol. The summed E-state index contributed by atoms with van der Waals surface area (Å²) in [4.78, 5) is 0. The largest absolute Gasteiger partial charge is 0.394 e. The van der Waals surface area contributed by atoms with Crippen LogP contribution >= 0.6 is 0 Å². The zero-order valence-corrected chi connectivity index (χ0v) is 10.9. The molecule has 0 heterocycles. The van der Waals surface area contributed by atoms with E-state index in [0.29, 0.717) is 13.2 Å². The van der Waals surface area contributed by atoms with E-state index in [1.807, 2.05) is 14.0 Å². The predicted octanol–water partition coefficient (Wildman–Crippen LogP) is 1.18. The van der Waals surface area contributed by atoms with Crippen molar-refractivity contribution in [1.29, 1.82) is 0 Å². The van der Waals surface area contributed by atoms with Crippen LogP contribution in [-0.2, 0) is 9.47 Å². The molecule has 0 amide bonds. The molecule has 0 saturated heterocycles. The summed E-state index contributed by atoms with van der Waals surface area (Å²) in [6.07, 6.45) is 2.92. The van der Waals surface area contributed by atoms with Gasteiger partial charge in [-0.15, -0.1) is 0 Å². The lowest BCUT2D eigenvalue weighted by molar-refractivity contribution is 0.0433. The van der Waals surface area contributed by atoms with Crippen molar-refractivity contribution in [3.63, 3.8) is 0 Å². The third kappa shape index (κ3) is 8.05. The van der Waals surface area contributed by atoms with Crippen LogP contribution in [0.5, 0.6) is 0 Å². The van der Waals surface area contributed by atoms with Crippen molar-refractivity contribution in [2.75, 3.05) is 40.1 Å². The zero-order chi connectivity index (χ0) is 12.3. The van der Waals surface area contributed by atoms with Gasteiger partial charge in [-0.2, -0.15) is 0 Å². The van der Waals surface area contributed by atoms with Gasteiger partial charge in [-0.3, -0.25) is 0 Å². The van der Waals surface area contributed by atoms with E-state index >= 15 is 0 Å². The summed E-state index contributed by atoms with van der Waals surface area (Å²) >= 11 is 0. The molecule has 2 N–H and O–H groups in total. The van der Waals surface area contributed by atoms with E-state index in [1.54, 1.807) is 0 Å². The molecule has 0 aliphatic heterocycles. The van der Waals surface area contributed by atoms with Crippen LogP contribution < -0.4 is 5.32 Å². The second-order valence-corrected chi connectivity index (χ2v) is 4.30. The molecule has 0 aromatic rings. The van der Waals surface area contributed by atoms with Gasteiger partial charge in [0.1, 0.15) is 0 Å². The summed E-state index contributed by atoms with van der Waals surface area (Å²) in [5.74, 6) is 0. The van der Waals surface area contributed by atoms with Crippen LogP contribution in [0.2, 0.25) is 0 Å². The van der Waals surface area contributed by atoms with Crippen molar-refractivity contribution in [2.24, 2.45) is 0 Å². The van der Waals surface area contributed by atoms with E-state index in [9.17, 15) is 0 Å². The van der Waals surface area contributed by atoms with Crippen LogP contribution in [0.4, 0.5) is 0 Å². The molecule has 0 aliphatic carbocycles. The van der Waals surface area contributed by atoms with Gasteiger partial charge in [0.2, 0.25) is 0 Å². The lowest BCUT2D eigenvalue weighted by atomic mass is 9.97. The van der Waals surface area contributed by atoms with Crippen molar-refractivity contribution >= 4 is 0 Å². The number of rotatable bonds is 11. The molecule has 16 heavy (non-hydrogen) atoms. The van der Waals surface area contributed by atoms with Gasteiger partial charge in [0.05, 0.1) is 19.8 Å². The summed E-state index contributed by atoms with van der Waals surface area (Å²) in [5, 5.41) is 12.3. The third-order valence-electron chi connectivity index (χ3n) is 2.69. The molecule has 0 fully saturated rings. The Balaban J connectivity index is 3.26. The molecule has 4 heteroatoms. The Kier molecular flexibility index (Phi) is 9.92.